The van der Waals surface area contributed by atoms with Crippen LogP contribution in [0.3, 0.4) is 0 Å². The van der Waals surface area contributed by atoms with E-state index in [4.69, 9.17) is 9.84 Å². The van der Waals surface area contributed by atoms with Crippen molar-refractivity contribution in [1.29, 1.82) is 0 Å². The predicted molar refractivity (Wildman–Crippen MR) is 87.9 cm³/mol. The van der Waals surface area contributed by atoms with Crippen LogP contribution in [-0.4, -0.2) is 34.5 Å². The highest BCUT2D eigenvalue weighted by Crippen LogP contribution is 2.29. The van der Waals surface area contributed by atoms with E-state index in [1.807, 2.05) is 12.2 Å². The van der Waals surface area contributed by atoms with Crippen molar-refractivity contribution in [3.63, 3.8) is 0 Å². The predicted octanol–water partition coefficient (Wildman–Crippen LogP) is 4.07. The van der Waals surface area contributed by atoms with Gasteiger partial charge in [-0.05, 0) is 19.3 Å². The zero-order chi connectivity index (χ0) is 16.2. The van der Waals surface area contributed by atoms with E-state index in [0.717, 1.165) is 51.4 Å². The molecular weight excluding hydrogens is 280 g/mol. The molecule has 1 rings (SSSR count). The molecule has 0 amide bonds. The fourth-order valence-corrected chi connectivity index (χ4v) is 2.65. The fourth-order valence-electron chi connectivity index (χ4n) is 2.65. The Morgan fingerprint density at radius 1 is 1.14 bits per heavy atom. The lowest BCUT2D eigenvalue weighted by molar-refractivity contribution is -0.137. The van der Waals surface area contributed by atoms with Gasteiger partial charge >= 0.3 is 5.97 Å². The van der Waals surface area contributed by atoms with Crippen molar-refractivity contribution in [2.45, 2.75) is 95.9 Å². The average molecular weight is 312 g/mol. The third-order valence-corrected chi connectivity index (χ3v) is 4.13. The van der Waals surface area contributed by atoms with E-state index in [0.29, 0.717) is 12.5 Å². The van der Waals surface area contributed by atoms with Gasteiger partial charge in [0.25, 0.3) is 0 Å². The standard InChI is InChI=1S/C18H32O4/c1-2-3-7-10-15(19)13-14-17-16(22-17)11-8-5-4-6-9-12-18(20)21/h13-17,19H,2-12H2,1H3,(H,20,21)/b14-13+/t15?,16-,17-/m0/s1. The molecule has 0 spiro atoms. The maximum atomic E-state index is 10.4. The number of hydrogen-bond donors (Lipinski definition) is 2. The number of carboxylic acid groups (broad SMARTS) is 1. The van der Waals surface area contributed by atoms with Crippen LogP contribution in [0.1, 0.15) is 77.6 Å². The number of unbranched alkanes of at least 4 members (excludes halogenated alkanes) is 6. The Hall–Kier alpha value is -0.870. The Labute approximate surface area is 134 Å². The van der Waals surface area contributed by atoms with Crippen molar-refractivity contribution in [1.82, 2.24) is 0 Å². The number of carbonyl (C=O) groups is 1. The first kappa shape index (κ1) is 19.2. The summed E-state index contributed by atoms with van der Waals surface area (Å²) >= 11 is 0. The molecule has 4 heteroatoms. The molecule has 1 unspecified atom stereocenters. The lowest BCUT2D eigenvalue weighted by atomic mass is 10.1. The Morgan fingerprint density at radius 2 is 1.86 bits per heavy atom. The van der Waals surface area contributed by atoms with E-state index in [1.165, 1.54) is 12.8 Å². The minimum atomic E-state index is -0.696. The van der Waals surface area contributed by atoms with Gasteiger partial charge < -0.3 is 14.9 Å². The van der Waals surface area contributed by atoms with Crippen LogP contribution in [-0.2, 0) is 9.53 Å². The first-order chi connectivity index (χ1) is 10.6. The lowest BCUT2D eigenvalue weighted by Crippen LogP contribution is -2.02. The summed E-state index contributed by atoms with van der Waals surface area (Å²) in [4.78, 5) is 10.4. The van der Waals surface area contributed by atoms with Gasteiger partial charge in [-0.3, -0.25) is 4.79 Å². The van der Waals surface area contributed by atoms with Gasteiger partial charge in [-0.2, -0.15) is 0 Å². The number of ether oxygens (including phenoxy) is 1. The third-order valence-electron chi connectivity index (χ3n) is 4.13. The van der Waals surface area contributed by atoms with Gasteiger partial charge in [-0.1, -0.05) is 64.0 Å². The highest BCUT2D eigenvalue weighted by Gasteiger charge is 2.35. The summed E-state index contributed by atoms with van der Waals surface area (Å²) in [7, 11) is 0. The molecular formula is C18H32O4. The van der Waals surface area contributed by atoms with Crippen LogP contribution < -0.4 is 0 Å². The average Bonchev–Trinajstić information content (AvgIpc) is 3.22. The molecule has 1 aliphatic rings. The summed E-state index contributed by atoms with van der Waals surface area (Å²) in [6.07, 6.45) is 14.9. The second-order valence-corrected chi connectivity index (χ2v) is 6.29. The van der Waals surface area contributed by atoms with Gasteiger partial charge in [0.2, 0.25) is 0 Å². The quantitative estimate of drug-likeness (QED) is 0.288. The van der Waals surface area contributed by atoms with E-state index < -0.39 is 5.97 Å². The highest BCUT2D eigenvalue weighted by atomic mass is 16.6. The van der Waals surface area contributed by atoms with Gasteiger partial charge in [0.1, 0.15) is 6.10 Å². The van der Waals surface area contributed by atoms with Crippen molar-refractivity contribution in [2.75, 3.05) is 0 Å². The Balaban J connectivity index is 1.92. The minimum Gasteiger partial charge on any atom is -0.481 e. The number of aliphatic carboxylic acids is 1. The molecule has 0 aromatic rings. The number of aliphatic hydroxyl groups excluding tert-OH is 1. The van der Waals surface area contributed by atoms with E-state index in [9.17, 15) is 9.90 Å². The molecule has 0 radical (unpaired) electrons. The lowest BCUT2D eigenvalue weighted by Gasteiger charge is -2.03. The van der Waals surface area contributed by atoms with Crippen molar-refractivity contribution in [3.8, 4) is 0 Å². The smallest absolute Gasteiger partial charge is 0.303 e. The van der Waals surface area contributed by atoms with Crippen LogP contribution in [0, 0.1) is 0 Å². The summed E-state index contributed by atoms with van der Waals surface area (Å²) in [6.45, 7) is 2.16. The second kappa shape index (κ2) is 11.7. The monoisotopic (exact) mass is 312 g/mol. The van der Waals surface area contributed by atoms with Gasteiger partial charge in [-0.15, -0.1) is 0 Å². The van der Waals surface area contributed by atoms with E-state index in [-0.39, 0.29) is 12.2 Å². The van der Waals surface area contributed by atoms with Crippen LogP contribution >= 0.6 is 0 Å². The summed E-state index contributed by atoms with van der Waals surface area (Å²) in [5, 5.41) is 18.3. The molecule has 128 valence electrons. The largest absolute Gasteiger partial charge is 0.481 e. The van der Waals surface area contributed by atoms with Crippen molar-refractivity contribution >= 4 is 5.97 Å². The summed E-state index contributed by atoms with van der Waals surface area (Å²) in [5.41, 5.74) is 0. The van der Waals surface area contributed by atoms with E-state index in [1.54, 1.807) is 0 Å². The molecule has 0 aromatic carbocycles. The molecule has 0 bridgehead atoms. The molecule has 2 N–H and O–H groups in total. The van der Waals surface area contributed by atoms with Crippen molar-refractivity contribution < 1.29 is 19.7 Å². The molecule has 1 fully saturated rings. The Kier molecular flexibility index (Phi) is 10.2. The first-order valence-corrected chi connectivity index (χ1v) is 8.87. The van der Waals surface area contributed by atoms with Crippen LogP contribution in [0.2, 0.25) is 0 Å². The summed E-state index contributed by atoms with van der Waals surface area (Å²) < 4.78 is 5.58. The molecule has 0 aliphatic carbocycles. The van der Waals surface area contributed by atoms with Crippen LogP contribution in [0.25, 0.3) is 0 Å². The number of epoxide rings is 1. The topological polar surface area (TPSA) is 70.1 Å². The van der Waals surface area contributed by atoms with E-state index in [2.05, 4.69) is 6.92 Å². The molecule has 3 atom stereocenters. The van der Waals surface area contributed by atoms with Gasteiger partial charge in [0.05, 0.1) is 12.2 Å². The van der Waals surface area contributed by atoms with Crippen LogP contribution in [0.15, 0.2) is 12.2 Å². The summed E-state index contributed by atoms with van der Waals surface area (Å²) in [6, 6.07) is 0. The Morgan fingerprint density at radius 3 is 2.59 bits per heavy atom. The number of aliphatic hydroxyl groups is 1. The van der Waals surface area contributed by atoms with Gasteiger partial charge in [-0.25, -0.2) is 0 Å². The zero-order valence-corrected chi connectivity index (χ0v) is 13.9. The molecule has 1 aliphatic heterocycles. The molecule has 0 aromatic heterocycles. The molecule has 0 saturated carbocycles. The van der Waals surface area contributed by atoms with Crippen molar-refractivity contribution in [2.24, 2.45) is 0 Å². The number of hydrogen-bond acceptors (Lipinski definition) is 3. The highest BCUT2D eigenvalue weighted by molar-refractivity contribution is 5.66. The SMILES string of the molecule is CCCCCC(O)/C=C/[C@@H]1O[C@H]1CCCCCCCC(=O)O. The fraction of sp³-hybridized carbons (Fsp3) is 0.833. The van der Waals surface area contributed by atoms with Crippen LogP contribution in [0.5, 0.6) is 0 Å². The number of rotatable bonds is 14. The van der Waals surface area contributed by atoms with Crippen molar-refractivity contribution in [3.05, 3.63) is 12.2 Å². The molecule has 1 heterocycles. The minimum absolute atomic E-state index is 0.202. The van der Waals surface area contributed by atoms with E-state index >= 15 is 0 Å². The first-order valence-electron chi connectivity index (χ1n) is 8.87. The molecule has 22 heavy (non-hydrogen) atoms. The van der Waals surface area contributed by atoms with Gasteiger partial charge in [0, 0.05) is 6.42 Å². The maximum absolute atomic E-state index is 10.4. The van der Waals surface area contributed by atoms with Gasteiger partial charge in [0.15, 0.2) is 0 Å². The second-order valence-electron chi connectivity index (χ2n) is 6.29. The Bertz CT molecular complexity index is 327. The molecule has 1 saturated heterocycles. The molecule has 4 nitrogen and oxygen atoms in total. The summed E-state index contributed by atoms with van der Waals surface area (Å²) in [5.74, 6) is -0.696. The maximum Gasteiger partial charge on any atom is 0.303 e. The normalized spacial score (nSPS) is 22.1. The zero-order valence-electron chi connectivity index (χ0n) is 13.9. The van der Waals surface area contributed by atoms with Crippen LogP contribution in [0.4, 0.5) is 0 Å². The number of carboxylic acids is 1. The third kappa shape index (κ3) is 9.96.